The molecule has 2 aromatic rings. The van der Waals surface area contributed by atoms with Crippen LogP contribution in [0, 0.1) is 0 Å². The summed E-state index contributed by atoms with van der Waals surface area (Å²) in [5, 5.41) is 0. The Morgan fingerprint density at radius 3 is 2.35 bits per heavy atom. The second kappa shape index (κ2) is 6.29. The fraction of sp³-hybridized carbons (Fsp3) is 0.143. The van der Waals surface area contributed by atoms with Crippen molar-refractivity contribution in [2.45, 2.75) is 6.42 Å². The van der Waals surface area contributed by atoms with Gasteiger partial charge in [0.25, 0.3) is 0 Å². The van der Waals surface area contributed by atoms with Gasteiger partial charge in [-0.05, 0) is 24.1 Å². The van der Waals surface area contributed by atoms with Crippen LogP contribution in [0.5, 0.6) is 0 Å². The van der Waals surface area contributed by atoms with Crippen LogP contribution in [0.4, 0.5) is 0 Å². The predicted molar refractivity (Wildman–Crippen MR) is 73.6 cm³/mol. The lowest BCUT2D eigenvalue weighted by molar-refractivity contribution is 0.0746. The van der Waals surface area contributed by atoms with E-state index in [4.69, 9.17) is 0 Å². The Labute approximate surface area is 117 Å². The molecule has 0 N–H and O–H groups in total. The Hall–Kier alpha value is -2.21. The first kappa shape index (κ1) is 14.2. The summed E-state index contributed by atoms with van der Waals surface area (Å²) in [6, 6.07) is 11.9. The molecular weight excluding hydrogens is 278 g/mol. The highest BCUT2D eigenvalue weighted by molar-refractivity contribution is 7.87. The fourth-order valence-electron chi connectivity index (χ4n) is 1.58. The van der Waals surface area contributed by atoms with Gasteiger partial charge in [-0.15, -0.1) is 0 Å². The van der Waals surface area contributed by atoms with E-state index in [2.05, 4.69) is 9.17 Å². The normalized spacial score (nSPS) is 11.0. The second-order valence-electron chi connectivity index (χ2n) is 4.10. The minimum atomic E-state index is -3.90. The maximum absolute atomic E-state index is 11.7. The van der Waals surface area contributed by atoms with Crippen molar-refractivity contribution < 1.29 is 17.4 Å². The molecule has 1 heterocycles. The van der Waals surface area contributed by atoms with E-state index in [0.29, 0.717) is 6.42 Å². The Bertz CT molecular complexity index is 669. The van der Waals surface area contributed by atoms with E-state index >= 15 is 0 Å². The third kappa shape index (κ3) is 4.17. The number of aromatic nitrogens is 1. The zero-order chi connectivity index (χ0) is 14.4. The first-order valence-electron chi connectivity index (χ1n) is 5.97. The summed E-state index contributed by atoms with van der Waals surface area (Å²) in [5.74, 6) is -1.13. The molecule has 0 amide bonds. The van der Waals surface area contributed by atoms with Crippen LogP contribution in [0.25, 0.3) is 0 Å². The highest BCUT2D eigenvalue weighted by Gasteiger charge is 2.18. The third-order valence-corrected chi connectivity index (χ3v) is 3.71. The monoisotopic (exact) mass is 291 g/mol. The summed E-state index contributed by atoms with van der Waals surface area (Å²) in [7, 11) is -3.90. The van der Waals surface area contributed by atoms with Crippen LogP contribution in [-0.4, -0.2) is 25.1 Å². The molecule has 2 rings (SSSR count). The van der Waals surface area contributed by atoms with Crippen LogP contribution in [-0.2, 0) is 20.7 Å². The molecule has 1 aromatic heterocycles. The summed E-state index contributed by atoms with van der Waals surface area (Å²) in [5.41, 5.74) is 1.03. The summed E-state index contributed by atoms with van der Waals surface area (Å²) in [6.45, 7) is 0. The molecule has 5 nitrogen and oxygen atoms in total. The van der Waals surface area contributed by atoms with E-state index in [-0.39, 0.29) is 11.3 Å². The Morgan fingerprint density at radius 1 is 1.05 bits per heavy atom. The van der Waals surface area contributed by atoms with Crippen molar-refractivity contribution in [2.24, 2.45) is 0 Å². The van der Waals surface area contributed by atoms with Gasteiger partial charge in [0.15, 0.2) is 0 Å². The van der Waals surface area contributed by atoms with Gasteiger partial charge in [-0.1, -0.05) is 30.3 Å². The van der Waals surface area contributed by atoms with E-state index < -0.39 is 16.1 Å². The lowest BCUT2D eigenvalue weighted by Gasteiger charge is -2.05. The quantitative estimate of drug-likeness (QED) is 0.785. The number of carbonyl (C=O) groups is 1. The fourth-order valence-corrected chi connectivity index (χ4v) is 2.48. The van der Waals surface area contributed by atoms with Crippen molar-refractivity contribution in [1.29, 1.82) is 0 Å². The number of nitrogens with zero attached hydrogens (tertiary/aromatic N) is 1. The molecular formula is C14H13NO4S. The molecule has 104 valence electrons. The Kier molecular flexibility index (Phi) is 4.47. The van der Waals surface area contributed by atoms with Gasteiger partial charge in [0.1, 0.15) is 0 Å². The zero-order valence-electron chi connectivity index (χ0n) is 10.6. The van der Waals surface area contributed by atoms with Crippen molar-refractivity contribution in [3.8, 4) is 0 Å². The van der Waals surface area contributed by atoms with Crippen molar-refractivity contribution in [3.63, 3.8) is 0 Å². The molecule has 0 saturated carbocycles. The number of hydrogen-bond donors (Lipinski definition) is 0. The largest absolute Gasteiger partial charge is 0.353 e. The number of benzene rings is 1. The van der Waals surface area contributed by atoms with Gasteiger partial charge in [0.2, 0.25) is 0 Å². The average Bonchev–Trinajstić information content (AvgIpc) is 2.47. The van der Waals surface area contributed by atoms with Crippen LogP contribution in [0.2, 0.25) is 0 Å². The molecule has 0 atom stereocenters. The van der Waals surface area contributed by atoms with Crippen LogP contribution in [0.1, 0.15) is 15.9 Å². The average molecular weight is 291 g/mol. The Balaban J connectivity index is 1.96. The summed E-state index contributed by atoms with van der Waals surface area (Å²) >= 11 is 0. The minimum absolute atomic E-state index is 0.156. The second-order valence-corrected chi connectivity index (χ2v) is 5.79. The van der Waals surface area contributed by atoms with E-state index in [1.807, 2.05) is 30.3 Å². The smallest absolute Gasteiger partial charge is 0.341 e. The molecule has 0 bridgehead atoms. The molecule has 0 aliphatic rings. The van der Waals surface area contributed by atoms with Crippen LogP contribution in [0.15, 0.2) is 54.9 Å². The van der Waals surface area contributed by atoms with Gasteiger partial charge in [-0.25, -0.2) is 4.79 Å². The number of aryl methyl sites for hydroxylation is 1. The first-order chi connectivity index (χ1) is 9.57. The molecule has 0 aliphatic heterocycles. The summed E-state index contributed by atoms with van der Waals surface area (Å²) in [6.07, 6.45) is 3.09. The highest BCUT2D eigenvalue weighted by atomic mass is 32.2. The van der Waals surface area contributed by atoms with Gasteiger partial charge in [-0.2, -0.15) is 8.42 Å². The molecule has 0 spiro atoms. The number of carbonyl (C=O) groups excluding carboxylic acids is 1. The molecule has 1 aromatic carbocycles. The first-order valence-corrected chi connectivity index (χ1v) is 7.55. The van der Waals surface area contributed by atoms with Gasteiger partial charge in [0.05, 0.1) is 11.3 Å². The van der Waals surface area contributed by atoms with Crippen molar-refractivity contribution in [1.82, 2.24) is 4.98 Å². The van der Waals surface area contributed by atoms with Gasteiger partial charge >= 0.3 is 16.1 Å². The van der Waals surface area contributed by atoms with Crippen LogP contribution < -0.4 is 0 Å². The number of rotatable bonds is 5. The lowest BCUT2D eigenvalue weighted by atomic mass is 10.2. The van der Waals surface area contributed by atoms with Gasteiger partial charge < -0.3 is 4.18 Å². The minimum Gasteiger partial charge on any atom is -0.341 e. The van der Waals surface area contributed by atoms with Gasteiger partial charge in [-0.3, -0.25) is 4.98 Å². The molecule has 0 unspecified atom stereocenters. The number of hydrogen-bond acceptors (Lipinski definition) is 5. The maximum Gasteiger partial charge on any atom is 0.353 e. The van der Waals surface area contributed by atoms with E-state index in [0.717, 1.165) is 5.56 Å². The maximum atomic E-state index is 11.7. The topological polar surface area (TPSA) is 73.3 Å². The molecule has 6 heteroatoms. The van der Waals surface area contributed by atoms with Crippen LogP contribution >= 0.6 is 0 Å². The Morgan fingerprint density at radius 2 is 1.70 bits per heavy atom. The lowest BCUT2D eigenvalue weighted by Crippen LogP contribution is -2.17. The highest BCUT2D eigenvalue weighted by Crippen LogP contribution is 2.07. The van der Waals surface area contributed by atoms with Crippen molar-refractivity contribution in [3.05, 3.63) is 66.0 Å². The predicted octanol–water partition coefficient (Wildman–Crippen LogP) is 1.81. The number of pyridine rings is 1. The van der Waals surface area contributed by atoms with Gasteiger partial charge in [0, 0.05) is 12.4 Å². The van der Waals surface area contributed by atoms with Crippen LogP contribution in [0.3, 0.4) is 0 Å². The van der Waals surface area contributed by atoms with E-state index in [9.17, 15) is 13.2 Å². The summed E-state index contributed by atoms with van der Waals surface area (Å²) < 4.78 is 28.0. The van der Waals surface area contributed by atoms with Crippen molar-refractivity contribution >= 4 is 16.1 Å². The molecule has 20 heavy (non-hydrogen) atoms. The molecule has 0 aliphatic carbocycles. The molecule has 0 fully saturated rings. The molecule has 0 radical (unpaired) electrons. The zero-order valence-corrected chi connectivity index (χ0v) is 11.4. The van der Waals surface area contributed by atoms with E-state index in [1.54, 1.807) is 0 Å². The molecule has 0 saturated heterocycles. The summed E-state index contributed by atoms with van der Waals surface area (Å²) in [4.78, 5) is 15.4. The SMILES string of the molecule is O=C(OS(=O)(=O)CCc1ccccc1)c1ccncc1. The van der Waals surface area contributed by atoms with E-state index in [1.165, 1.54) is 24.5 Å². The van der Waals surface area contributed by atoms with Crippen molar-refractivity contribution in [2.75, 3.05) is 5.75 Å². The standard InChI is InChI=1S/C14H13NO4S/c16-14(13-6-9-15-10-7-13)19-20(17,18)11-8-12-4-2-1-3-5-12/h1-7,9-10H,8,11H2. The third-order valence-electron chi connectivity index (χ3n) is 2.60.